The molecule has 0 spiro atoms. The fourth-order valence-electron chi connectivity index (χ4n) is 5.24. The van der Waals surface area contributed by atoms with Gasteiger partial charge >= 0.3 is 11.9 Å². The summed E-state index contributed by atoms with van der Waals surface area (Å²) in [7, 11) is 0. The van der Waals surface area contributed by atoms with Gasteiger partial charge in [0.05, 0.1) is 0 Å². The Morgan fingerprint density at radius 3 is 1.84 bits per heavy atom. The van der Waals surface area contributed by atoms with Crippen LogP contribution in [0.2, 0.25) is 0 Å². The summed E-state index contributed by atoms with van der Waals surface area (Å²) in [4.78, 5) is 39.4. The number of hydrogen-bond acceptors (Lipinski definition) is 7. The molecule has 0 aliphatic rings. The van der Waals surface area contributed by atoms with Crippen molar-refractivity contribution in [2.75, 3.05) is 32.0 Å². The Morgan fingerprint density at radius 2 is 1.22 bits per heavy atom. The summed E-state index contributed by atoms with van der Waals surface area (Å²) >= 11 is 1.24. The highest BCUT2D eigenvalue weighted by Gasteiger charge is 2.17. The molecular formula is C37H70N2O5S. The molecule has 0 heterocycles. The first kappa shape index (κ1) is 43.5. The fourth-order valence-corrected chi connectivity index (χ4v) is 5.90. The number of amides is 1. The third-order valence-electron chi connectivity index (χ3n) is 8.01. The van der Waals surface area contributed by atoms with Gasteiger partial charge < -0.3 is 20.1 Å². The SMILES string of the molecule is CCCCCC/C=C\COC(=O)CCCCCN(CCCC(=O)OC(CCCCCCC)CCCCCCC)C(=O)SCCN. The summed E-state index contributed by atoms with van der Waals surface area (Å²) in [5.41, 5.74) is 5.62. The molecule has 0 atom stereocenters. The molecule has 0 fully saturated rings. The number of thioether (sulfide) groups is 1. The molecule has 8 heteroatoms. The minimum Gasteiger partial charge on any atom is -0.462 e. The second-order valence-corrected chi connectivity index (χ2v) is 13.4. The van der Waals surface area contributed by atoms with Crippen LogP contribution in [-0.4, -0.2) is 60.2 Å². The van der Waals surface area contributed by atoms with Crippen LogP contribution in [0.3, 0.4) is 0 Å². The maximum Gasteiger partial charge on any atom is 0.306 e. The molecule has 0 aromatic carbocycles. The Hall–Kier alpha value is -1.54. The van der Waals surface area contributed by atoms with E-state index in [0.29, 0.717) is 51.3 Å². The lowest BCUT2D eigenvalue weighted by atomic mass is 10.0. The number of unbranched alkanes of at least 4 members (excludes halogenated alkanes) is 14. The largest absolute Gasteiger partial charge is 0.462 e. The van der Waals surface area contributed by atoms with E-state index >= 15 is 0 Å². The van der Waals surface area contributed by atoms with Gasteiger partial charge in [0.25, 0.3) is 5.24 Å². The van der Waals surface area contributed by atoms with Crippen LogP contribution in [0.4, 0.5) is 4.79 Å². The Bertz CT molecular complexity index is 720. The zero-order valence-corrected chi connectivity index (χ0v) is 30.3. The number of allylic oxidation sites excluding steroid dienone is 1. The van der Waals surface area contributed by atoms with Gasteiger partial charge in [0.2, 0.25) is 0 Å². The average Bonchev–Trinajstić information content (AvgIpc) is 3.03. The maximum absolute atomic E-state index is 12.8. The number of esters is 2. The second-order valence-electron chi connectivity index (χ2n) is 12.3. The summed E-state index contributed by atoms with van der Waals surface area (Å²) in [5.74, 6) is 0.263. The van der Waals surface area contributed by atoms with Gasteiger partial charge in [0, 0.05) is 38.2 Å². The molecule has 0 aliphatic carbocycles. The highest BCUT2D eigenvalue weighted by atomic mass is 32.2. The summed E-state index contributed by atoms with van der Waals surface area (Å²) in [6.07, 6.45) is 27.7. The zero-order valence-electron chi connectivity index (χ0n) is 29.5. The van der Waals surface area contributed by atoms with E-state index in [1.54, 1.807) is 0 Å². The molecule has 2 N–H and O–H groups in total. The minimum atomic E-state index is -0.171. The van der Waals surface area contributed by atoms with Crippen molar-refractivity contribution in [3.05, 3.63) is 12.2 Å². The molecule has 0 unspecified atom stereocenters. The number of ether oxygens (including phenoxy) is 2. The molecule has 0 aliphatic heterocycles. The fraction of sp³-hybridized carbons (Fsp3) is 0.865. The molecule has 45 heavy (non-hydrogen) atoms. The minimum absolute atomic E-state index is 0.00624. The van der Waals surface area contributed by atoms with Crippen LogP contribution in [0.1, 0.15) is 168 Å². The first-order valence-electron chi connectivity index (χ1n) is 18.6. The van der Waals surface area contributed by atoms with E-state index in [0.717, 1.165) is 51.4 Å². The highest BCUT2D eigenvalue weighted by molar-refractivity contribution is 8.13. The molecule has 0 saturated carbocycles. The molecule has 7 nitrogen and oxygen atoms in total. The van der Waals surface area contributed by atoms with Crippen LogP contribution in [-0.2, 0) is 19.1 Å². The average molecular weight is 655 g/mol. The van der Waals surface area contributed by atoms with E-state index in [1.165, 1.54) is 88.8 Å². The lowest BCUT2D eigenvalue weighted by molar-refractivity contribution is -0.150. The molecular weight excluding hydrogens is 584 g/mol. The molecule has 0 aromatic heterocycles. The van der Waals surface area contributed by atoms with Crippen LogP contribution in [0.5, 0.6) is 0 Å². The standard InChI is InChI=1S/C37H70N2O5S/c1-4-7-10-13-14-17-23-32-43-35(40)27-21-18-22-30-39(37(42)45-33-29-38)31-24-28-36(41)44-34(25-19-15-11-8-5-2)26-20-16-12-9-6-3/h17,23,34H,4-16,18-22,24-33,38H2,1-3H3/b23-17-. The zero-order chi connectivity index (χ0) is 33.2. The molecule has 0 saturated heterocycles. The number of nitrogens with two attached hydrogens (primary N) is 1. The van der Waals surface area contributed by atoms with Crippen molar-refractivity contribution in [2.45, 2.75) is 175 Å². The topological polar surface area (TPSA) is 98.9 Å². The molecule has 1 amide bonds. The van der Waals surface area contributed by atoms with E-state index in [4.69, 9.17) is 15.2 Å². The molecule has 0 rings (SSSR count). The van der Waals surface area contributed by atoms with Crippen molar-refractivity contribution in [3.8, 4) is 0 Å². The van der Waals surface area contributed by atoms with E-state index < -0.39 is 0 Å². The lowest BCUT2D eigenvalue weighted by Crippen LogP contribution is -2.31. The molecule has 0 bridgehead atoms. The van der Waals surface area contributed by atoms with Gasteiger partial charge in [-0.15, -0.1) is 0 Å². The lowest BCUT2D eigenvalue weighted by Gasteiger charge is -2.22. The van der Waals surface area contributed by atoms with Gasteiger partial charge in [-0.25, -0.2) is 0 Å². The van der Waals surface area contributed by atoms with Gasteiger partial charge in [-0.05, 0) is 57.8 Å². The number of nitrogens with zero attached hydrogens (tertiary/aromatic N) is 1. The number of carbonyl (C=O) groups is 3. The maximum atomic E-state index is 12.8. The predicted octanol–water partition coefficient (Wildman–Crippen LogP) is 10.1. The van der Waals surface area contributed by atoms with Crippen LogP contribution in [0.25, 0.3) is 0 Å². The van der Waals surface area contributed by atoms with Crippen LogP contribution >= 0.6 is 11.8 Å². The molecule has 0 radical (unpaired) electrons. The third-order valence-corrected chi connectivity index (χ3v) is 8.95. The van der Waals surface area contributed by atoms with E-state index in [1.807, 2.05) is 11.0 Å². The smallest absolute Gasteiger partial charge is 0.306 e. The predicted molar refractivity (Wildman–Crippen MR) is 192 cm³/mol. The quantitative estimate of drug-likeness (QED) is 0.0438. The Balaban J connectivity index is 4.48. The van der Waals surface area contributed by atoms with Crippen molar-refractivity contribution in [1.29, 1.82) is 0 Å². The summed E-state index contributed by atoms with van der Waals surface area (Å²) in [6, 6.07) is 0. The van der Waals surface area contributed by atoms with Gasteiger partial charge in [-0.1, -0.05) is 122 Å². The summed E-state index contributed by atoms with van der Waals surface area (Å²) < 4.78 is 11.3. The van der Waals surface area contributed by atoms with E-state index in [9.17, 15) is 14.4 Å². The van der Waals surface area contributed by atoms with Crippen LogP contribution < -0.4 is 5.73 Å². The van der Waals surface area contributed by atoms with Crippen molar-refractivity contribution in [1.82, 2.24) is 4.90 Å². The summed E-state index contributed by atoms with van der Waals surface area (Å²) in [5, 5.41) is 0.00624. The van der Waals surface area contributed by atoms with Gasteiger partial charge in [0.1, 0.15) is 12.7 Å². The van der Waals surface area contributed by atoms with Gasteiger partial charge in [-0.2, -0.15) is 0 Å². The van der Waals surface area contributed by atoms with Crippen molar-refractivity contribution in [2.24, 2.45) is 5.73 Å². The number of rotatable bonds is 32. The number of carbonyl (C=O) groups excluding carboxylic acids is 3. The van der Waals surface area contributed by atoms with Gasteiger partial charge in [-0.3, -0.25) is 14.4 Å². The third kappa shape index (κ3) is 29.6. The van der Waals surface area contributed by atoms with Crippen molar-refractivity contribution < 1.29 is 23.9 Å². The Kier molecular flexibility index (Phi) is 32.7. The first-order valence-corrected chi connectivity index (χ1v) is 19.6. The normalized spacial score (nSPS) is 11.4. The van der Waals surface area contributed by atoms with Crippen LogP contribution in [0, 0.1) is 0 Å². The van der Waals surface area contributed by atoms with Crippen LogP contribution in [0.15, 0.2) is 12.2 Å². The van der Waals surface area contributed by atoms with Crippen molar-refractivity contribution >= 4 is 28.9 Å². The summed E-state index contributed by atoms with van der Waals surface area (Å²) in [6.45, 7) is 8.58. The highest BCUT2D eigenvalue weighted by Crippen LogP contribution is 2.18. The Labute approximate surface area is 281 Å². The number of hydrogen-bond donors (Lipinski definition) is 1. The molecule has 0 aromatic rings. The second kappa shape index (κ2) is 33.8. The van der Waals surface area contributed by atoms with E-state index in [-0.39, 0.29) is 23.3 Å². The monoisotopic (exact) mass is 655 g/mol. The van der Waals surface area contributed by atoms with E-state index in [2.05, 4.69) is 26.8 Å². The molecule has 264 valence electrons. The van der Waals surface area contributed by atoms with Gasteiger partial charge in [0.15, 0.2) is 0 Å². The first-order chi connectivity index (χ1) is 22.0. The van der Waals surface area contributed by atoms with Crippen molar-refractivity contribution in [3.63, 3.8) is 0 Å². The Morgan fingerprint density at radius 1 is 0.667 bits per heavy atom.